The number of rotatable bonds is 3. The van der Waals surface area contributed by atoms with Crippen molar-refractivity contribution < 1.29 is 13.2 Å². The van der Waals surface area contributed by atoms with Crippen LogP contribution in [0.4, 0.5) is 0 Å². The van der Waals surface area contributed by atoms with E-state index in [0.717, 1.165) is 19.5 Å². The Labute approximate surface area is 171 Å². The molecule has 150 valence electrons. The molecule has 0 radical (unpaired) electrons. The van der Waals surface area contributed by atoms with Gasteiger partial charge in [-0.3, -0.25) is 4.79 Å². The fourth-order valence-electron chi connectivity index (χ4n) is 4.26. The third kappa shape index (κ3) is 4.61. The first-order valence-corrected chi connectivity index (χ1v) is 11.6. The summed E-state index contributed by atoms with van der Waals surface area (Å²) in [4.78, 5) is 14.9. The van der Waals surface area contributed by atoms with Crippen molar-refractivity contribution in [3.63, 3.8) is 0 Å². The van der Waals surface area contributed by atoms with E-state index in [-0.39, 0.29) is 21.7 Å². The van der Waals surface area contributed by atoms with Crippen LogP contribution < -0.4 is 0 Å². The highest BCUT2D eigenvalue weighted by molar-refractivity contribution is 7.89. The normalized spacial score (nSPS) is 25.6. The summed E-state index contributed by atoms with van der Waals surface area (Å²) in [5.41, 5.74) is 0. The number of nitrogens with zero attached hydrogens (tertiary/aromatic N) is 2. The molecule has 1 amide bonds. The van der Waals surface area contributed by atoms with Gasteiger partial charge in [-0.25, -0.2) is 8.42 Å². The largest absolute Gasteiger partial charge is 0.342 e. The number of amides is 1. The Hall–Kier alpha value is -0.820. The highest BCUT2D eigenvalue weighted by atomic mass is 35.5. The van der Waals surface area contributed by atoms with Gasteiger partial charge in [0.15, 0.2) is 0 Å². The molecule has 2 saturated heterocycles. The second-order valence-corrected chi connectivity index (χ2v) is 10.7. The number of likely N-dealkylation sites (tertiary alicyclic amines) is 1. The van der Waals surface area contributed by atoms with Crippen molar-refractivity contribution in [2.24, 2.45) is 17.8 Å². The lowest BCUT2D eigenvalue weighted by Gasteiger charge is -2.39. The van der Waals surface area contributed by atoms with Crippen LogP contribution in [0.1, 0.15) is 33.1 Å². The summed E-state index contributed by atoms with van der Waals surface area (Å²) in [5, 5.41) is 0.491. The number of benzene rings is 1. The van der Waals surface area contributed by atoms with Crippen LogP contribution in [0.2, 0.25) is 10.0 Å². The summed E-state index contributed by atoms with van der Waals surface area (Å²) in [6, 6.07) is 4.44. The SMILES string of the molecule is CC1CC(C)CN(C(=O)C2CCN(S(=O)(=O)c3cc(Cl)ccc3Cl)CC2)C1. The Morgan fingerprint density at radius 1 is 1.07 bits per heavy atom. The second-order valence-electron chi connectivity index (χ2n) is 7.94. The minimum atomic E-state index is -3.71. The Balaban J connectivity index is 1.66. The van der Waals surface area contributed by atoms with E-state index in [2.05, 4.69) is 13.8 Å². The molecule has 0 aliphatic carbocycles. The summed E-state index contributed by atoms with van der Waals surface area (Å²) in [5.74, 6) is 1.10. The van der Waals surface area contributed by atoms with Gasteiger partial charge in [-0.2, -0.15) is 4.31 Å². The lowest BCUT2D eigenvalue weighted by Crippen LogP contribution is -2.48. The maximum absolute atomic E-state index is 12.9. The summed E-state index contributed by atoms with van der Waals surface area (Å²) < 4.78 is 27.2. The molecule has 2 heterocycles. The minimum absolute atomic E-state index is 0.0279. The van der Waals surface area contributed by atoms with Crippen LogP contribution >= 0.6 is 23.2 Å². The van der Waals surface area contributed by atoms with Crippen LogP contribution in [0.25, 0.3) is 0 Å². The van der Waals surface area contributed by atoms with Gasteiger partial charge in [0.05, 0.1) is 5.02 Å². The van der Waals surface area contributed by atoms with Gasteiger partial charge >= 0.3 is 0 Å². The molecular formula is C19H26Cl2N2O3S. The van der Waals surface area contributed by atoms with Gasteiger partial charge in [0.25, 0.3) is 0 Å². The molecule has 0 aromatic heterocycles. The predicted octanol–water partition coefficient (Wildman–Crippen LogP) is 3.90. The predicted molar refractivity (Wildman–Crippen MR) is 107 cm³/mol. The topological polar surface area (TPSA) is 57.7 Å². The highest BCUT2D eigenvalue weighted by Crippen LogP contribution is 2.31. The molecule has 0 saturated carbocycles. The summed E-state index contributed by atoms with van der Waals surface area (Å²) in [6.07, 6.45) is 2.23. The van der Waals surface area contributed by atoms with Gasteiger partial charge in [0.1, 0.15) is 4.90 Å². The van der Waals surface area contributed by atoms with E-state index >= 15 is 0 Å². The molecule has 2 aliphatic rings. The van der Waals surface area contributed by atoms with Crippen molar-refractivity contribution in [2.45, 2.75) is 38.0 Å². The molecule has 1 aromatic carbocycles. The average Bonchev–Trinajstić information content (AvgIpc) is 2.62. The van der Waals surface area contributed by atoms with Crippen LogP contribution in [-0.4, -0.2) is 49.7 Å². The summed E-state index contributed by atoms with van der Waals surface area (Å²) in [6.45, 7) is 6.61. The maximum Gasteiger partial charge on any atom is 0.244 e. The summed E-state index contributed by atoms with van der Waals surface area (Å²) in [7, 11) is -3.71. The van der Waals surface area contributed by atoms with Crippen LogP contribution in [0.15, 0.2) is 23.1 Å². The molecule has 8 heteroatoms. The lowest BCUT2D eigenvalue weighted by molar-refractivity contribution is -0.139. The molecular weight excluding hydrogens is 407 g/mol. The number of carbonyl (C=O) groups is 1. The number of carbonyl (C=O) groups excluding carboxylic acids is 1. The van der Waals surface area contributed by atoms with Gasteiger partial charge in [0.2, 0.25) is 15.9 Å². The molecule has 2 fully saturated rings. The quantitative estimate of drug-likeness (QED) is 0.727. The van der Waals surface area contributed by atoms with E-state index in [1.54, 1.807) is 6.07 Å². The zero-order chi connectivity index (χ0) is 19.8. The number of hydrogen-bond donors (Lipinski definition) is 0. The van der Waals surface area contributed by atoms with Crippen LogP contribution in [-0.2, 0) is 14.8 Å². The molecule has 0 spiro atoms. The monoisotopic (exact) mass is 432 g/mol. The number of piperidine rings is 2. The smallest absolute Gasteiger partial charge is 0.244 e. The minimum Gasteiger partial charge on any atom is -0.342 e. The molecule has 2 aliphatic heterocycles. The van der Waals surface area contributed by atoms with E-state index < -0.39 is 10.0 Å². The van der Waals surface area contributed by atoms with Gasteiger partial charge in [-0.1, -0.05) is 37.0 Å². The molecule has 0 bridgehead atoms. The van der Waals surface area contributed by atoms with Gasteiger partial charge in [-0.05, 0) is 49.3 Å². The van der Waals surface area contributed by atoms with Crippen molar-refractivity contribution in [1.29, 1.82) is 0 Å². The third-order valence-electron chi connectivity index (χ3n) is 5.49. The molecule has 2 atom stereocenters. The van der Waals surface area contributed by atoms with E-state index in [9.17, 15) is 13.2 Å². The number of halogens is 2. The second kappa shape index (κ2) is 8.27. The van der Waals surface area contributed by atoms with E-state index in [1.165, 1.54) is 16.4 Å². The number of hydrogen-bond acceptors (Lipinski definition) is 3. The van der Waals surface area contributed by atoms with E-state index in [0.29, 0.717) is 42.8 Å². The van der Waals surface area contributed by atoms with Crippen LogP contribution in [0.3, 0.4) is 0 Å². The standard InChI is InChI=1S/C19H26Cl2N2O3S/c1-13-9-14(2)12-22(11-13)19(24)15-5-7-23(8-6-15)27(25,26)18-10-16(20)3-4-17(18)21/h3-4,10,13-15H,5-9,11-12H2,1-2H3. The number of sulfonamides is 1. The van der Waals surface area contributed by atoms with Gasteiger partial charge < -0.3 is 4.90 Å². The van der Waals surface area contributed by atoms with Crippen molar-refractivity contribution in [2.75, 3.05) is 26.2 Å². The van der Waals surface area contributed by atoms with Gasteiger partial charge in [-0.15, -0.1) is 0 Å². The molecule has 2 unspecified atom stereocenters. The molecule has 0 N–H and O–H groups in total. The zero-order valence-corrected chi connectivity index (χ0v) is 18.0. The Morgan fingerprint density at radius 2 is 1.67 bits per heavy atom. The average molecular weight is 433 g/mol. The molecule has 5 nitrogen and oxygen atoms in total. The summed E-state index contributed by atoms with van der Waals surface area (Å²) >= 11 is 12.0. The van der Waals surface area contributed by atoms with Crippen molar-refractivity contribution in [3.05, 3.63) is 28.2 Å². The Bertz CT molecular complexity index is 797. The first-order chi connectivity index (χ1) is 12.7. The molecule has 27 heavy (non-hydrogen) atoms. The highest BCUT2D eigenvalue weighted by Gasteiger charge is 2.36. The first kappa shape index (κ1) is 20.9. The Morgan fingerprint density at radius 3 is 2.26 bits per heavy atom. The van der Waals surface area contributed by atoms with Crippen molar-refractivity contribution in [1.82, 2.24) is 9.21 Å². The Kier molecular flexibility index (Phi) is 6.41. The molecule has 1 aromatic rings. The fraction of sp³-hybridized carbons (Fsp3) is 0.632. The van der Waals surface area contributed by atoms with Crippen molar-refractivity contribution >= 4 is 39.1 Å². The van der Waals surface area contributed by atoms with Gasteiger partial charge in [0, 0.05) is 37.1 Å². The van der Waals surface area contributed by atoms with Crippen LogP contribution in [0.5, 0.6) is 0 Å². The lowest BCUT2D eigenvalue weighted by atomic mass is 9.89. The fourth-order valence-corrected chi connectivity index (χ4v) is 6.47. The molecule has 3 rings (SSSR count). The zero-order valence-electron chi connectivity index (χ0n) is 15.7. The van der Waals surface area contributed by atoms with E-state index in [4.69, 9.17) is 23.2 Å². The van der Waals surface area contributed by atoms with Crippen molar-refractivity contribution in [3.8, 4) is 0 Å². The first-order valence-electron chi connectivity index (χ1n) is 9.42. The van der Waals surface area contributed by atoms with Crippen LogP contribution in [0, 0.1) is 17.8 Å². The maximum atomic E-state index is 12.9. The van der Waals surface area contributed by atoms with E-state index in [1.807, 2.05) is 4.90 Å². The third-order valence-corrected chi connectivity index (χ3v) is 8.11.